The highest BCUT2D eigenvalue weighted by Gasteiger charge is 2.21. The van der Waals surface area contributed by atoms with Gasteiger partial charge in [-0.05, 0) is 37.1 Å². The molecule has 2 rings (SSSR count). The molecule has 96 valence electrons. The molecule has 1 amide bonds. The third kappa shape index (κ3) is 2.45. The van der Waals surface area contributed by atoms with Gasteiger partial charge in [0.25, 0.3) is 0 Å². The number of amides is 1. The Morgan fingerprint density at radius 1 is 1.39 bits per heavy atom. The van der Waals surface area contributed by atoms with Crippen LogP contribution in [0.3, 0.4) is 0 Å². The number of hydrogen-bond acceptors (Lipinski definition) is 3. The summed E-state index contributed by atoms with van der Waals surface area (Å²) in [6.07, 6.45) is 0.306. The predicted octanol–water partition coefficient (Wildman–Crippen LogP) is 1.54. The number of hydrogen-bond donors (Lipinski definition) is 2. The van der Waals surface area contributed by atoms with Gasteiger partial charge in [-0.15, -0.1) is 0 Å². The van der Waals surface area contributed by atoms with Gasteiger partial charge in [-0.3, -0.25) is 9.59 Å². The molecular weight excluding hydrogens is 232 g/mol. The van der Waals surface area contributed by atoms with Crippen LogP contribution in [-0.2, 0) is 9.59 Å². The normalized spacial score (nSPS) is 14.8. The number of benzene rings is 1. The van der Waals surface area contributed by atoms with Crippen molar-refractivity contribution in [2.45, 2.75) is 20.3 Å². The fourth-order valence-corrected chi connectivity index (χ4v) is 2.06. The number of carboxylic acid groups (broad SMARTS) is 1. The Kier molecular flexibility index (Phi) is 3.23. The summed E-state index contributed by atoms with van der Waals surface area (Å²) in [5.74, 6) is -0.971. The van der Waals surface area contributed by atoms with E-state index in [2.05, 4.69) is 5.32 Å². The standard InChI is InChI=1S/C13H16N2O3/c1-8-5-10-11(6-9(8)2)15(7-13(17)18)4-3-12(16)14-10/h5-6H,3-4,7H2,1-2H3,(H,14,16)(H,17,18). The fraction of sp³-hybridized carbons (Fsp3) is 0.385. The van der Waals surface area contributed by atoms with Gasteiger partial charge in [0.05, 0.1) is 11.4 Å². The first kappa shape index (κ1) is 12.4. The van der Waals surface area contributed by atoms with Crippen LogP contribution in [0.1, 0.15) is 17.5 Å². The number of carboxylic acids is 1. The lowest BCUT2D eigenvalue weighted by Crippen LogP contribution is -2.30. The molecule has 0 fully saturated rings. The quantitative estimate of drug-likeness (QED) is 0.833. The number of aliphatic carboxylic acids is 1. The van der Waals surface area contributed by atoms with E-state index in [1.165, 1.54) is 0 Å². The smallest absolute Gasteiger partial charge is 0.323 e. The van der Waals surface area contributed by atoms with E-state index in [0.717, 1.165) is 16.8 Å². The Hall–Kier alpha value is -2.04. The van der Waals surface area contributed by atoms with Gasteiger partial charge < -0.3 is 15.3 Å². The molecule has 1 heterocycles. The van der Waals surface area contributed by atoms with Gasteiger partial charge in [0.1, 0.15) is 6.54 Å². The number of aryl methyl sites for hydroxylation is 2. The molecule has 1 aliphatic heterocycles. The van der Waals surface area contributed by atoms with Crippen molar-refractivity contribution in [3.8, 4) is 0 Å². The van der Waals surface area contributed by atoms with Crippen LogP contribution < -0.4 is 10.2 Å². The second kappa shape index (κ2) is 4.68. The van der Waals surface area contributed by atoms with Gasteiger partial charge in [-0.25, -0.2) is 0 Å². The van der Waals surface area contributed by atoms with E-state index >= 15 is 0 Å². The van der Waals surface area contributed by atoms with Gasteiger partial charge >= 0.3 is 5.97 Å². The number of rotatable bonds is 2. The lowest BCUT2D eigenvalue weighted by molar-refractivity contribution is -0.135. The summed E-state index contributed by atoms with van der Waals surface area (Å²) in [5, 5.41) is 11.7. The summed E-state index contributed by atoms with van der Waals surface area (Å²) < 4.78 is 0. The number of carbonyl (C=O) groups excluding carboxylic acids is 1. The van der Waals surface area contributed by atoms with Gasteiger partial charge in [-0.2, -0.15) is 0 Å². The molecule has 0 aromatic heterocycles. The summed E-state index contributed by atoms with van der Waals surface area (Å²) in [7, 11) is 0. The third-order valence-electron chi connectivity index (χ3n) is 3.16. The summed E-state index contributed by atoms with van der Waals surface area (Å²) in [5.41, 5.74) is 3.64. The van der Waals surface area contributed by atoms with Crippen molar-refractivity contribution >= 4 is 23.3 Å². The molecule has 0 saturated heterocycles. The molecule has 0 spiro atoms. The fourth-order valence-electron chi connectivity index (χ4n) is 2.06. The first-order chi connectivity index (χ1) is 8.47. The largest absolute Gasteiger partial charge is 0.480 e. The van der Waals surface area contributed by atoms with E-state index in [1.807, 2.05) is 26.0 Å². The second-order valence-corrected chi connectivity index (χ2v) is 4.57. The van der Waals surface area contributed by atoms with Crippen molar-refractivity contribution in [2.24, 2.45) is 0 Å². The molecule has 1 aliphatic rings. The van der Waals surface area contributed by atoms with Crippen LogP contribution in [0.25, 0.3) is 0 Å². The molecule has 1 aromatic rings. The average molecular weight is 248 g/mol. The van der Waals surface area contributed by atoms with Crippen LogP contribution in [0, 0.1) is 13.8 Å². The van der Waals surface area contributed by atoms with Crippen LogP contribution in [0.4, 0.5) is 11.4 Å². The number of carbonyl (C=O) groups is 2. The van der Waals surface area contributed by atoms with Crippen LogP contribution in [0.2, 0.25) is 0 Å². The molecule has 0 saturated carbocycles. The van der Waals surface area contributed by atoms with Gasteiger partial charge in [0.15, 0.2) is 0 Å². The Morgan fingerprint density at radius 3 is 2.72 bits per heavy atom. The monoisotopic (exact) mass is 248 g/mol. The maximum absolute atomic E-state index is 11.6. The van der Waals surface area contributed by atoms with Crippen molar-refractivity contribution in [3.63, 3.8) is 0 Å². The highest BCUT2D eigenvalue weighted by molar-refractivity contribution is 5.97. The summed E-state index contributed by atoms with van der Waals surface area (Å²) >= 11 is 0. The topological polar surface area (TPSA) is 69.6 Å². The SMILES string of the molecule is Cc1cc2c(cc1C)N(CC(=O)O)CCC(=O)N2. The summed E-state index contributed by atoms with van der Waals surface area (Å²) in [4.78, 5) is 24.2. The molecule has 0 radical (unpaired) electrons. The summed E-state index contributed by atoms with van der Waals surface area (Å²) in [6, 6.07) is 3.82. The van der Waals surface area contributed by atoms with Crippen molar-refractivity contribution < 1.29 is 14.7 Å². The van der Waals surface area contributed by atoms with Gasteiger partial charge in [-0.1, -0.05) is 0 Å². The number of fused-ring (bicyclic) bond motifs is 1. The van der Waals surface area contributed by atoms with E-state index in [-0.39, 0.29) is 12.5 Å². The Bertz CT molecular complexity index is 511. The molecule has 5 nitrogen and oxygen atoms in total. The van der Waals surface area contributed by atoms with Crippen LogP contribution >= 0.6 is 0 Å². The van der Waals surface area contributed by atoms with E-state index < -0.39 is 5.97 Å². The first-order valence-electron chi connectivity index (χ1n) is 5.85. The lowest BCUT2D eigenvalue weighted by Gasteiger charge is -2.23. The maximum Gasteiger partial charge on any atom is 0.323 e. The molecule has 0 atom stereocenters. The highest BCUT2D eigenvalue weighted by Crippen LogP contribution is 2.31. The molecular formula is C13H16N2O3. The van der Waals surface area contributed by atoms with Gasteiger partial charge in [0, 0.05) is 13.0 Å². The third-order valence-corrected chi connectivity index (χ3v) is 3.16. The zero-order valence-corrected chi connectivity index (χ0v) is 10.5. The first-order valence-corrected chi connectivity index (χ1v) is 5.85. The zero-order chi connectivity index (χ0) is 13.3. The van der Waals surface area contributed by atoms with Crippen LogP contribution in [-0.4, -0.2) is 30.1 Å². The summed E-state index contributed by atoms with van der Waals surface area (Å²) in [6.45, 7) is 4.27. The maximum atomic E-state index is 11.6. The van der Waals surface area contributed by atoms with Crippen LogP contribution in [0.5, 0.6) is 0 Å². The molecule has 2 N–H and O–H groups in total. The Labute approximate surface area is 105 Å². The second-order valence-electron chi connectivity index (χ2n) is 4.57. The molecule has 0 bridgehead atoms. The van der Waals surface area contributed by atoms with Crippen molar-refractivity contribution in [3.05, 3.63) is 23.3 Å². The number of nitrogens with one attached hydrogen (secondary N) is 1. The Balaban J connectivity index is 2.46. The zero-order valence-electron chi connectivity index (χ0n) is 10.5. The minimum atomic E-state index is -0.895. The predicted molar refractivity (Wildman–Crippen MR) is 69.0 cm³/mol. The molecule has 0 aliphatic carbocycles. The highest BCUT2D eigenvalue weighted by atomic mass is 16.4. The van der Waals surface area contributed by atoms with E-state index in [0.29, 0.717) is 18.7 Å². The lowest BCUT2D eigenvalue weighted by atomic mass is 10.1. The molecule has 1 aromatic carbocycles. The van der Waals surface area contributed by atoms with E-state index in [4.69, 9.17) is 5.11 Å². The molecule has 18 heavy (non-hydrogen) atoms. The molecule has 5 heteroatoms. The molecule has 0 unspecified atom stereocenters. The van der Waals surface area contributed by atoms with E-state index in [9.17, 15) is 9.59 Å². The average Bonchev–Trinajstić information content (AvgIpc) is 2.41. The van der Waals surface area contributed by atoms with Crippen LogP contribution in [0.15, 0.2) is 12.1 Å². The van der Waals surface area contributed by atoms with Crippen molar-refractivity contribution in [1.29, 1.82) is 0 Å². The van der Waals surface area contributed by atoms with Crippen molar-refractivity contribution in [1.82, 2.24) is 0 Å². The Morgan fingerprint density at radius 2 is 2.06 bits per heavy atom. The number of anilines is 2. The minimum absolute atomic E-state index is 0.0765. The van der Waals surface area contributed by atoms with Crippen molar-refractivity contribution in [2.75, 3.05) is 23.3 Å². The number of nitrogens with zero attached hydrogens (tertiary/aromatic N) is 1. The minimum Gasteiger partial charge on any atom is -0.480 e. The van der Waals surface area contributed by atoms with E-state index in [1.54, 1.807) is 4.90 Å². The van der Waals surface area contributed by atoms with Gasteiger partial charge in [0.2, 0.25) is 5.91 Å².